The zero-order valence-electron chi connectivity index (χ0n) is 9.47. The minimum Gasteiger partial charge on any atom is -0.481 e. The fourth-order valence-electron chi connectivity index (χ4n) is 1.17. The van der Waals surface area contributed by atoms with Gasteiger partial charge in [0.15, 0.2) is 4.34 Å². The third-order valence-corrected chi connectivity index (χ3v) is 4.67. The van der Waals surface area contributed by atoms with Crippen LogP contribution in [-0.4, -0.2) is 32.9 Å². The number of aromatic nitrogens is 1. The Hall–Kier alpha value is -1.08. The number of thioether (sulfide) groups is 1. The van der Waals surface area contributed by atoms with Gasteiger partial charge in [0, 0.05) is 5.75 Å². The molecular formula is C10H13NO4S2. The van der Waals surface area contributed by atoms with Crippen LogP contribution < -0.4 is 0 Å². The van der Waals surface area contributed by atoms with Crippen LogP contribution in [0.4, 0.5) is 0 Å². The van der Waals surface area contributed by atoms with Crippen molar-refractivity contribution in [3.8, 4) is 0 Å². The summed E-state index contributed by atoms with van der Waals surface area (Å²) in [6.07, 6.45) is 0.554. The highest BCUT2D eigenvalue weighted by atomic mass is 32.2. The van der Waals surface area contributed by atoms with Crippen molar-refractivity contribution in [1.29, 1.82) is 0 Å². The molecule has 1 aromatic heterocycles. The number of carboxylic acid groups (broad SMARTS) is 2. The first kappa shape index (κ1) is 14.0. The lowest BCUT2D eigenvalue weighted by Gasteiger charge is -2.06. The van der Waals surface area contributed by atoms with Crippen LogP contribution in [0.3, 0.4) is 0 Å². The topological polar surface area (TPSA) is 87.5 Å². The molecule has 0 radical (unpaired) electrons. The van der Waals surface area contributed by atoms with Crippen molar-refractivity contribution in [2.45, 2.75) is 24.6 Å². The van der Waals surface area contributed by atoms with Crippen molar-refractivity contribution < 1.29 is 19.8 Å². The number of rotatable bonds is 6. The first-order valence-corrected chi connectivity index (χ1v) is 6.82. The van der Waals surface area contributed by atoms with Gasteiger partial charge in [0.2, 0.25) is 0 Å². The summed E-state index contributed by atoms with van der Waals surface area (Å²) in [6.45, 7) is 3.45. The van der Waals surface area contributed by atoms with Crippen LogP contribution in [-0.2, 0) is 4.79 Å². The second-order valence-corrected chi connectivity index (χ2v) is 5.72. The summed E-state index contributed by atoms with van der Waals surface area (Å²) in [7, 11) is 0. The smallest absolute Gasteiger partial charge is 0.347 e. The summed E-state index contributed by atoms with van der Waals surface area (Å²) in [6, 6.07) is 0. The molecule has 17 heavy (non-hydrogen) atoms. The molecule has 1 aromatic rings. The minimum absolute atomic E-state index is 0.218. The molecule has 1 heterocycles. The monoisotopic (exact) mass is 275 g/mol. The maximum Gasteiger partial charge on any atom is 0.347 e. The summed E-state index contributed by atoms with van der Waals surface area (Å²) in [5.41, 5.74) is 0.480. The lowest BCUT2D eigenvalue weighted by molar-refractivity contribution is -0.140. The van der Waals surface area contributed by atoms with E-state index in [4.69, 9.17) is 10.2 Å². The summed E-state index contributed by atoms with van der Waals surface area (Å²) < 4.78 is 0.611. The molecule has 2 N–H and O–H groups in total. The van der Waals surface area contributed by atoms with Gasteiger partial charge in [0.25, 0.3) is 0 Å². The highest BCUT2D eigenvalue weighted by molar-refractivity contribution is 8.01. The van der Waals surface area contributed by atoms with E-state index in [1.165, 1.54) is 11.8 Å². The fourth-order valence-corrected chi connectivity index (χ4v) is 3.42. The van der Waals surface area contributed by atoms with Gasteiger partial charge in [-0.25, -0.2) is 9.78 Å². The van der Waals surface area contributed by atoms with Crippen LogP contribution in [0.5, 0.6) is 0 Å². The minimum atomic E-state index is -0.989. The van der Waals surface area contributed by atoms with Crippen LogP contribution in [0, 0.1) is 12.8 Å². The van der Waals surface area contributed by atoms with Gasteiger partial charge in [-0.2, -0.15) is 0 Å². The molecule has 94 valence electrons. The second kappa shape index (κ2) is 6.02. The maximum absolute atomic E-state index is 10.8. The third-order valence-electron chi connectivity index (χ3n) is 2.22. The van der Waals surface area contributed by atoms with Crippen LogP contribution in [0.1, 0.15) is 28.7 Å². The van der Waals surface area contributed by atoms with Crippen molar-refractivity contribution in [2.75, 3.05) is 5.75 Å². The van der Waals surface area contributed by atoms with Crippen molar-refractivity contribution in [3.05, 3.63) is 10.6 Å². The van der Waals surface area contributed by atoms with E-state index in [0.29, 0.717) is 22.2 Å². The molecule has 5 nitrogen and oxygen atoms in total. The number of thiazole rings is 1. The average Bonchev–Trinajstić information content (AvgIpc) is 2.60. The molecule has 1 unspecified atom stereocenters. The van der Waals surface area contributed by atoms with Gasteiger partial charge in [-0.05, 0) is 13.3 Å². The van der Waals surface area contributed by atoms with E-state index in [1.54, 1.807) is 6.92 Å². The van der Waals surface area contributed by atoms with Gasteiger partial charge in [0.1, 0.15) is 4.88 Å². The van der Waals surface area contributed by atoms with Crippen LogP contribution in [0.25, 0.3) is 0 Å². The van der Waals surface area contributed by atoms with E-state index in [9.17, 15) is 9.59 Å². The molecule has 0 amide bonds. The summed E-state index contributed by atoms with van der Waals surface area (Å²) in [4.78, 5) is 25.9. The molecule has 7 heteroatoms. The number of carboxylic acids is 2. The molecule has 0 saturated heterocycles. The average molecular weight is 275 g/mol. The van der Waals surface area contributed by atoms with E-state index >= 15 is 0 Å². The highest BCUT2D eigenvalue weighted by Crippen LogP contribution is 2.29. The Morgan fingerprint density at radius 2 is 2.12 bits per heavy atom. The molecule has 0 spiro atoms. The number of aliphatic carboxylic acids is 1. The van der Waals surface area contributed by atoms with Gasteiger partial charge in [-0.15, -0.1) is 11.3 Å². The van der Waals surface area contributed by atoms with Crippen molar-refractivity contribution >= 4 is 35.0 Å². The molecule has 0 fully saturated rings. The molecule has 0 aromatic carbocycles. The van der Waals surface area contributed by atoms with Crippen molar-refractivity contribution in [1.82, 2.24) is 4.98 Å². The Morgan fingerprint density at radius 1 is 1.47 bits per heavy atom. The van der Waals surface area contributed by atoms with Crippen molar-refractivity contribution in [2.24, 2.45) is 5.92 Å². The molecule has 1 rings (SSSR count). The quantitative estimate of drug-likeness (QED) is 0.775. The number of hydrogen-bond donors (Lipinski definition) is 2. The fraction of sp³-hybridized carbons (Fsp3) is 0.500. The van der Waals surface area contributed by atoms with E-state index in [1.807, 2.05) is 6.92 Å². The second-order valence-electron chi connectivity index (χ2n) is 3.45. The maximum atomic E-state index is 10.8. The number of nitrogens with zero attached hydrogens (tertiary/aromatic N) is 1. The predicted octanol–water partition coefficient (Wildman–Crippen LogP) is 2.35. The first-order chi connectivity index (χ1) is 7.95. The van der Waals surface area contributed by atoms with Gasteiger partial charge >= 0.3 is 11.9 Å². The molecule has 1 atom stereocenters. The van der Waals surface area contributed by atoms with Crippen molar-refractivity contribution in [3.63, 3.8) is 0 Å². The van der Waals surface area contributed by atoms with E-state index in [0.717, 1.165) is 11.3 Å². The molecular weight excluding hydrogens is 262 g/mol. The Bertz CT molecular complexity index is 430. The lowest BCUT2D eigenvalue weighted by Crippen LogP contribution is -2.14. The highest BCUT2D eigenvalue weighted by Gasteiger charge is 2.18. The van der Waals surface area contributed by atoms with Crippen LogP contribution in [0.2, 0.25) is 0 Å². The molecule has 0 aliphatic carbocycles. The Morgan fingerprint density at radius 3 is 2.53 bits per heavy atom. The summed E-state index contributed by atoms with van der Waals surface area (Å²) in [5.74, 6) is -1.82. The normalized spacial score (nSPS) is 12.4. The zero-order valence-corrected chi connectivity index (χ0v) is 11.1. The van der Waals surface area contributed by atoms with Crippen LogP contribution in [0.15, 0.2) is 4.34 Å². The zero-order chi connectivity index (χ0) is 13.0. The molecule has 0 aliphatic rings. The molecule has 0 aliphatic heterocycles. The molecule has 0 bridgehead atoms. The number of carbonyl (C=O) groups is 2. The van der Waals surface area contributed by atoms with E-state index in [-0.39, 0.29) is 4.88 Å². The summed E-state index contributed by atoms with van der Waals surface area (Å²) >= 11 is 2.39. The van der Waals surface area contributed by atoms with E-state index in [2.05, 4.69) is 4.98 Å². The Balaban J connectivity index is 2.67. The van der Waals surface area contributed by atoms with Gasteiger partial charge in [-0.1, -0.05) is 18.7 Å². The Labute approximate surface area is 107 Å². The first-order valence-electron chi connectivity index (χ1n) is 5.02. The largest absolute Gasteiger partial charge is 0.481 e. The number of aromatic carboxylic acids is 1. The summed E-state index contributed by atoms with van der Waals surface area (Å²) in [5, 5.41) is 17.7. The van der Waals surface area contributed by atoms with E-state index < -0.39 is 17.9 Å². The van der Waals surface area contributed by atoms with Gasteiger partial charge < -0.3 is 10.2 Å². The van der Waals surface area contributed by atoms with Crippen LogP contribution >= 0.6 is 23.1 Å². The SMILES string of the molecule is CCC(CSc1nc(C)c(C(=O)O)s1)C(=O)O. The van der Waals surface area contributed by atoms with Gasteiger partial charge in [-0.3, -0.25) is 4.79 Å². The predicted molar refractivity (Wildman–Crippen MR) is 66.0 cm³/mol. The standard InChI is InChI=1S/C10H13NO4S2/c1-3-6(8(12)13)4-16-10-11-5(2)7(17-10)9(14)15/h6H,3-4H2,1-2H3,(H,12,13)(H,14,15). The molecule has 0 saturated carbocycles. The lowest BCUT2D eigenvalue weighted by atomic mass is 10.1. The van der Waals surface area contributed by atoms with Gasteiger partial charge in [0.05, 0.1) is 11.6 Å². The third kappa shape index (κ3) is 3.71. The Kier molecular flexibility index (Phi) is 4.95. The number of hydrogen-bond acceptors (Lipinski definition) is 5. The number of aryl methyl sites for hydroxylation is 1.